The van der Waals surface area contributed by atoms with Crippen molar-refractivity contribution in [3.8, 4) is 5.75 Å². The Labute approximate surface area is 172 Å². The second-order valence-corrected chi connectivity index (χ2v) is 8.52. The third kappa shape index (κ3) is 4.94. The Bertz CT molecular complexity index is 929. The smallest absolute Gasteiger partial charge is 0.265 e. The summed E-state index contributed by atoms with van der Waals surface area (Å²) < 4.78 is 33.6. The van der Waals surface area contributed by atoms with E-state index in [-0.39, 0.29) is 21.6 Å². The monoisotopic (exact) mass is 474 g/mol. The Balaban J connectivity index is 2.31. The summed E-state index contributed by atoms with van der Waals surface area (Å²) in [4.78, 5) is 13.9. The number of benzene rings is 2. The highest BCUT2D eigenvalue weighted by Gasteiger charge is 2.23. The van der Waals surface area contributed by atoms with Crippen molar-refractivity contribution >= 4 is 49.1 Å². The highest BCUT2D eigenvalue weighted by atomic mass is 79.9. The van der Waals surface area contributed by atoms with Gasteiger partial charge < -0.3 is 9.64 Å². The number of nitrogens with one attached hydrogen (secondary N) is 1. The van der Waals surface area contributed by atoms with Crippen LogP contribution in [-0.4, -0.2) is 39.4 Å². The largest absolute Gasteiger partial charge is 0.494 e. The van der Waals surface area contributed by atoms with Gasteiger partial charge in [-0.2, -0.15) is 0 Å². The summed E-state index contributed by atoms with van der Waals surface area (Å²) >= 11 is 9.23. The Morgan fingerprint density at radius 2 is 1.78 bits per heavy atom. The fraction of sp³-hybridized carbons (Fsp3) is 0.278. The van der Waals surface area contributed by atoms with Gasteiger partial charge in [-0.15, -0.1) is 0 Å². The van der Waals surface area contributed by atoms with E-state index in [0.29, 0.717) is 28.8 Å². The summed E-state index contributed by atoms with van der Waals surface area (Å²) in [6.07, 6.45) is 0. The van der Waals surface area contributed by atoms with Gasteiger partial charge in [-0.05, 0) is 66.2 Å². The molecule has 0 aliphatic heterocycles. The molecule has 2 aromatic rings. The third-order valence-corrected chi connectivity index (χ3v) is 6.10. The number of carbonyl (C=O) groups excluding carboxylic acids is 1. The van der Waals surface area contributed by atoms with Crippen molar-refractivity contribution in [1.29, 1.82) is 0 Å². The van der Waals surface area contributed by atoms with Crippen molar-refractivity contribution in [2.24, 2.45) is 0 Å². The number of ether oxygens (including phenoxy) is 1. The van der Waals surface area contributed by atoms with E-state index in [4.69, 9.17) is 16.3 Å². The third-order valence-electron chi connectivity index (χ3n) is 3.90. The quantitative estimate of drug-likeness (QED) is 0.644. The Hall–Kier alpha value is -1.77. The molecule has 0 aromatic heterocycles. The van der Waals surface area contributed by atoms with E-state index in [2.05, 4.69) is 20.7 Å². The summed E-state index contributed by atoms with van der Waals surface area (Å²) in [7, 11) is -2.57. The summed E-state index contributed by atoms with van der Waals surface area (Å²) in [6.45, 7) is 5.02. The lowest BCUT2D eigenvalue weighted by Crippen LogP contribution is -2.30. The number of sulfonamides is 1. The lowest BCUT2D eigenvalue weighted by Gasteiger charge is -2.18. The molecule has 146 valence electrons. The SMILES string of the molecule is CCN(CC)C(=O)c1ccc(NS(=O)(=O)c2cc(Cl)cc(Br)c2OC)cc1. The molecule has 0 saturated heterocycles. The van der Waals surface area contributed by atoms with Gasteiger partial charge in [0.05, 0.1) is 11.6 Å². The minimum atomic E-state index is -3.94. The van der Waals surface area contributed by atoms with Crippen molar-refractivity contribution in [2.75, 3.05) is 24.9 Å². The number of amides is 1. The van der Waals surface area contributed by atoms with E-state index in [1.807, 2.05) is 13.8 Å². The van der Waals surface area contributed by atoms with Crippen LogP contribution in [0.15, 0.2) is 45.8 Å². The van der Waals surface area contributed by atoms with Crippen LogP contribution in [0.5, 0.6) is 5.75 Å². The number of rotatable bonds is 7. The van der Waals surface area contributed by atoms with Gasteiger partial charge in [0.1, 0.15) is 4.90 Å². The Kier molecular flexibility index (Phi) is 7.13. The fourth-order valence-corrected chi connectivity index (χ4v) is 4.96. The van der Waals surface area contributed by atoms with Crippen LogP contribution >= 0.6 is 27.5 Å². The molecule has 0 fully saturated rings. The molecule has 0 saturated carbocycles. The topological polar surface area (TPSA) is 75.7 Å². The first-order chi connectivity index (χ1) is 12.7. The van der Waals surface area contributed by atoms with Crippen LogP contribution in [0.2, 0.25) is 5.02 Å². The molecule has 0 radical (unpaired) electrons. The van der Waals surface area contributed by atoms with Gasteiger partial charge in [0.2, 0.25) is 0 Å². The van der Waals surface area contributed by atoms with E-state index in [1.165, 1.54) is 13.2 Å². The highest BCUT2D eigenvalue weighted by Crippen LogP contribution is 2.36. The molecule has 6 nitrogen and oxygen atoms in total. The van der Waals surface area contributed by atoms with Crippen molar-refractivity contribution in [3.05, 3.63) is 51.5 Å². The van der Waals surface area contributed by atoms with Crippen molar-refractivity contribution in [1.82, 2.24) is 4.90 Å². The van der Waals surface area contributed by atoms with Crippen LogP contribution in [0.25, 0.3) is 0 Å². The molecule has 2 aromatic carbocycles. The molecule has 27 heavy (non-hydrogen) atoms. The van der Waals surface area contributed by atoms with Gasteiger partial charge in [0.25, 0.3) is 15.9 Å². The lowest BCUT2D eigenvalue weighted by molar-refractivity contribution is 0.0773. The Morgan fingerprint density at radius 1 is 1.19 bits per heavy atom. The molecule has 1 amide bonds. The maximum absolute atomic E-state index is 12.8. The normalized spacial score (nSPS) is 11.1. The van der Waals surface area contributed by atoms with Crippen molar-refractivity contribution < 1.29 is 17.9 Å². The van der Waals surface area contributed by atoms with Crippen LogP contribution in [0, 0.1) is 0 Å². The number of halogens is 2. The van der Waals surface area contributed by atoms with Gasteiger partial charge in [0, 0.05) is 29.4 Å². The zero-order valence-corrected chi connectivity index (χ0v) is 18.3. The van der Waals surface area contributed by atoms with E-state index >= 15 is 0 Å². The maximum atomic E-state index is 12.8. The molecule has 1 N–H and O–H groups in total. The number of carbonyl (C=O) groups is 1. The lowest BCUT2D eigenvalue weighted by atomic mass is 10.2. The maximum Gasteiger partial charge on any atom is 0.265 e. The molecule has 0 heterocycles. The summed E-state index contributed by atoms with van der Waals surface area (Å²) in [5, 5.41) is 0.253. The first kappa shape index (κ1) is 21.5. The summed E-state index contributed by atoms with van der Waals surface area (Å²) in [5.74, 6) is 0.0510. The van der Waals surface area contributed by atoms with Gasteiger partial charge in [0.15, 0.2) is 5.75 Å². The second kappa shape index (κ2) is 8.95. The van der Waals surface area contributed by atoms with Crippen LogP contribution in [-0.2, 0) is 10.0 Å². The predicted octanol–water partition coefficient (Wildman–Crippen LogP) is 4.39. The van der Waals surface area contributed by atoms with Crippen LogP contribution in [0.4, 0.5) is 5.69 Å². The first-order valence-corrected chi connectivity index (χ1v) is 10.8. The van der Waals surface area contributed by atoms with E-state index in [9.17, 15) is 13.2 Å². The number of nitrogens with zero attached hydrogens (tertiary/aromatic N) is 1. The van der Waals surface area contributed by atoms with Gasteiger partial charge >= 0.3 is 0 Å². The highest BCUT2D eigenvalue weighted by molar-refractivity contribution is 9.10. The second-order valence-electron chi connectivity index (χ2n) is 5.58. The van der Waals surface area contributed by atoms with Crippen molar-refractivity contribution in [2.45, 2.75) is 18.7 Å². The zero-order chi connectivity index (χ0) is 20.2. The van der Waals surface area contributed by atoms with Gasteiger partial charge in [-0.3, -0.25) is 9.52 Å². The van der Waals surface area contributed by atoms with E-state index in [0.717, 1.165) is 0 Å². The zero-order valence-electron chi connectivity index (χ0n) is 15.1. The molecule has 0 spiro atoms. The molecular weight excluding hydrogens is 456 g/mol. The summed E-state index contributed by atoms with van der Waals surface area (Å²) in [5.41, 5.74) is 0.814. The standard InChI is InChI=1S/C18H20BrClN2O4S/c1-4-22(5-2)18(23)12-6-8-14(9-7-12)21-27(24,25)16-11-13(20)10-15(19)17(16)26-3/h6-11,21H,4-5H2,1-3H3. The molecule has 0 aliphatic carbocycles. The fourth-order valence-electron chi connectivity index (χ4n) is 2.52. The molecule has 0 bridgehead atoms. The van der Waals surface area contributed by atoms with Crippen LogP contribution < -0.4 is 9.46 Å². The van der Waals surface area contributed by atoms with Crippen molar-refractivity contribution in [3.63, 3.8) is 0 Å². The molecular formula is C18H20BrClN2O4S. The average Bonchev–Trinajstić information content (AvgIpc) is 2.62. The Morgan fingerprint density at radius 3 is 2.30 bits per heavy atom. The minimum absolute atomic E-state index is 0.0901. The van der Waals surface area contributed by atoms with Crippen LogP contribution in [0.3, 0.4) is 0 Å². The molecule has 9 heteroatoms. The molecule has 0 aliphatic rings. The van der Waals surface area contributed by atoms with Gasteiger partial charge in [-0.25, -0.2) is 8.42 Å². The molecule has 2 rings (SSSR count). The minimum Gasteiger partial charge on any atom is -0.494 e. The van der Waals surface area contributed by atoms with Crippen LogP contribution in [0.1, 0.15) is 24.2 Å². The van der Waals surface area contributed by atoms with E-state index in [1.54, 1.807) is 35.2 Å². The molecule has 0 unspecified atom stereocenters. The number of anilines is 1. The summed E-state index contributed by atoms with van der Waals surface area (Å²) in [6, 6.07) is 9.12. The number of hydrogen-bond donors (Lipinski definition) is 1. The van der Waals surface area contributed by atoms with E-state index < -0.39 is 10.0 Å². The average molecular weight is 476 g/mol. The predicted molar refractivity (Wildman–Crippen MR) is 110 cm³/mol. The number of methoxy groups -OCH3 is 1. The number of hydrogen-bond acceptors (Lipinski definition) is 4. The van der Waals surface area contributed by atoms with Gasteiger partial charge in [-0.1, -0.05) is 11.6 Å². The molecule has 0 atom stereocenters. The first-order valence-electron chi connectivity index (χ1n) is 8.18.